The molecule has 0 fully saturated rings. The zero-order valence-electron chi connectivity index (χ0n) is 15.4. The Bertz CT molecular complexity index is 1170. The monoisotopic (exact) mass is 454 g/mol. The molecular weight excluding hydrogens is 439 g/mol. The Balaban J connectivity index is 1.54. The molecule has 146 valence electrons. The maximum Gasteiger partial charge on any atom is 0.296 e. The molecule has 0 bridgehead atoms. The number of nitrogens with one attached hydrogen (secondary N) is 1. The molecule has 0 saturated heterocycles. The third kappa shape index (κ3) is 4.09. The number of amides is 1. The van der Waals surface area contributed by atoms with Crippen molar-refractivity contribution in [2.45, 2.75) is 13.5 Å². The van der Waals surface area contributed by atoms with Crippen LogP contribution < -0.4 is 5.32 Å². The Morgan fingerprint density at radius 3 is 2.66 bits per heavy atom. The second kappa shape index (κ2) is 7.96. The Hall–Kier alpha value is -3.33. The second-order valence-electron chi connectivity index (χ2n) is 6.29. The molecule has 0 atom stereocenters. The van der Waals surface area contributed by atoms with Crippen molar-refractivity contribution in [3.8, 4) is 5.69 Å². The molecule has 9 heteroatoms. The van der Waals surface area contributed by atoms with Gasteiger partial charge in [-0.05, 0) is 42.8 Å². The molecule has 2 aromatic carbocycles. The standard InChI is InChI=1S/C20H16BrFN6O/c1-13-24-19(26-28(13)16-8-6-15(22)7-9-16)20(29)25-18-10-11-23-27(18)12-14-4-2-3-5-17(14)21/h2-11H,12H2,1H3,(H,25,29). The normalized spacial score (nSPS) is 10.9. The molecule has 0 aliphatic rings. The van der Waals surface area contributed by atoms with Crippen molar-refractivity contribution in [1.82, 2.24) is 24.5 Å². The molecule has 0 spiro atoms. The van der Waals surface area contributed by atoms with Crippen molar-refractivity contribution in [1.29, 1.82) is 0 Å². The van der Waals surface area contributed by atoms with Gasteiger partial charge in [0.05, 0.1) is 18.4 Å². The highest BCUT2D eigenvalue weighted by Gasteiger charge is 2.17. The van der Waals surface area contributed by atoms with Crippen molar-refractivity contribution >= 4 is 27.7 Å². The molecule has 0 saturated carbocycles. The SMILES string of the molecule is Cc1nc(C(=O)Nc2ccnn2Cc2ccccc2Br)nn1-c1ccc(F)cc1. The molecule has 4 rings (SSSR count). The van der Waals surface area contributed by atoms with Gasteiger partial charge in [-0.25, -0.2) is 18.7 Å². The fraction of sp³-hybridized carbons (Fsp3) is 0.100. The zero-order valence-corrected chi connectivity index (χ0v) is 17.0. The molecule has 0 aliphatic carbocycles. The molecule has 0 aliphatic heterocycles. The van der Waals surface area contributed by atoms with Gasteiger partial charge in [-0.2, -0.15) is 5.10 Å². The van der Waals surface area contributed by atoms with E-state index in [1.165, 1.54) is 16.8 Å². The molecule has 1 N–H and O–H groups in total. The summed E-state index contributed by atoms with van der Waals surface area (Å²) in [4.78, 5) is 16.9. The van der Waals surface area contributed by atoms with Crippen LogP contribution in [0.25, 0.3) is 5.69 Å². The molecule has 0 unspecified atom stereocenters. The first-order chi connectivity index (χ1) is 14.0. The molecule has 4 aromatic rings. The van der Waals surface area contributed by atoms with Gasteiger partial charge in [0.1, 0.15) is 17.5 Å². The van der Waals surface area contributed by atoms with Crippen molar-refractivity contribution < 1.29 is 9.18 Å². The largest absolute Gasteiger partial charge is 0.304 e. The summed E-state index contributed by atoms with van der Waals surface area (Å²) in [5, 5.41) is 11.3. The van der Waals surface area contributed by atoms with E-state index in [1.54, 1.807) is 36.0 Å². The summed E-state index contributed by atoms with van der Waals surface area (Å²) >= 11 is 3.52. The van der Waals surface area contributed by atoms with Crippen LogP contribution in [-0.4, -0.2) is 30.5 Å². The van der Waals surface area contributed by atoms with Crippen LogP contribution in [0.1, 0.15) is 22.0 Å². The van der Waals surface area contributed by atoms with Gasteiger partial charge in [0.2, 0.25) is 5.82 Å². The van der Waals surface area contributed by atoms with Crippen LogP contribution in [0.2, 0.25) is 0 Å². The summed E-state index contributed by atoms with van der Waals surface area (Å²) in [6.45, 7) is 2.21. The maximum atomic E-state index is 13.1. The zero-order chi connectivity index (χ0) is 20.4. The van der Waals surface area contributed by atoms with E-state index < -0.39 is 5.91 Å². The van der Waals surface area contributed by atoms with E-state index in [2.05, 4.69) is 36.4 Å². The van der Waals surface area contributed by atoms with Crippen LogP contribution in [0.15, 0.2) is 65.3 Å². The van der Waals surface area contributed by atoms with Crippen molar-refractivity contribution in [2.75, 3.05) is 5.32 Å². The van der Waals surface area contributed by atoms with Crippen LogP contribution >= 0.6 is 15.9 Å². The minimum absolute atomic E-state index is 0.0143. The van der Waals surface area contributed by atoms with Gasteiger partial charge < -0.3 is 5.32 Å². The number of benzene rings is 2. The van der Waals surface area contributed by atoms with Crippen LogP contribution in [0.3, 0.4) is 0 Å². The van der Waals surface area contributed by atoms with Crippen LogP contribution in [0.4, 0.5) is 10.2 Å². The van der Waals surface area contributed by atoms with Gasteiger partial charge >= 0.3 is 0 Å². The van der Waals surface area contributed by atoms with E-state index in [-0.39, 0.29) is 11.6 Å². The van der Waals surface area contributed by atoms with Crippen molar-refractivity contribution in [3.05, 3.63) is 88.3 Å². The van der Waals surface area contributed by atoms with Gasteiger partial charge in [0.15, 0.2) is 0 Å². The lowest BCUT2D eigenvalue weighted by Crippen LogP contribution is -2.18. The Morgan fingerprint density at radius 1 is 1.14 bits per heavy atom. The van der Waals surface area contributed by atoms with E-state index in [0.717, 1.165) is 10.0 Å². The Labute approximate surface area is 174 Å². The molecule has 7 nitrogen and oxygen atoms in total. The van der Waals surface area contributed by atoms with Gasteiger partial charge in [-0.3, -0.25) is 4.79 Å². The average Bonchev–Trinajstić information content (AvgIpc) is 3.31. The van der Waals surface area contributed by atoms with Gasteiger partial charge in [-0.15, -0.1) is 5.10 Å². The van der Waals surface area contributed by atoms with Gasteiger partial charge in [0, 0.05) is 10.5 Å². The quantitative estimate of drug-likeness (QED) is 0.494. The number of rotatable bonds is 5. The number of aryl methyl sites for hydroxylation is 1. The van der Waals surface area contributed by atoms with E-state index in [1.807, 2.05) is 24.3 Å². The highest BCUT2D eigenvalue weighted by Crippen LogP contribution is 2.19. The van der Waals surface area contributed by atoms with E-state index in [4.69, 9.17) is 0 Å². The molecule has 1 amide bonds. The summed E-state index contributed by atoms with van der Waals surface area (Å²) in [6, 6.07) is 15.3. The summed E-state index contributed by atoms with van der Waals surface area (Å²) < 4.78 is 17.3. The minimum atomic E-state index is -0.456. The summed E-state index contributed by atoms with van der Waals surface area (Å²) in [5.41, 5.74) is 1.65. The number of anilines is 1. The lowest BCUT2D eigenvalue weighted by atomic mass is 10.2. The fourth-order valence-electron chi connectivity index (χ4n) is 2.84. The highest BCUT2D eigenvalue weighted by molar-refractivity contribution is 9.10. The summed E-state index contributed by atoms with van der Waals surface area (Å²) in [7, 11) is 0. The number of nitrogens with zero attached hydrogens (tertiary/aromatic N) is 5. The van der Waals surface area contributed by atoms with Crippen LogP contribution in [-0.2, 0) is 6.54 Å². The van der Waals surface area contributed by atoms with E-state index in [0.29, 0.717) is 23.9 Å². The second-order valence-corrected chi connectivity index (χ2v) is 7.14. The maximum absolute atomic E-state index is 13.1. The van der Waals surface area contributed by atoms with Gasteiger partial charge in [-0.1, -0.05) is 34.1 Å². The van der Waals surface area contributed by atoms with Crippen LogP contribution in [0, 0.1) is 12.7 Å². The number of aromatic nitrogens is 5. The summed E-state index contributed by atoms with van der Waals surface area (Å²) in [6.07, 6.45) is 1.61. The predicted molar refractivity (Wildman–Crippen MR) is 109 cm³/mol. The fourth-order valence-corrected chi connectivity index (χ4v) is 3.25. The molecule has 2 aromatic heterocycles. The smallest absolute Gasteiger partial charge is 0.296 e. The average molecular weight is 455 g/mol. The molecule has 29 heavy (non-hydrogen) atoms. The number of hydrogen-bond donors (Lipinski definition) is 1. The van der Waals surface area contributed by atoms with E-state index in [9.17, 15) is 9.18 Å². The Morgan fingerprint density at radius 2 is 1.90 bits per heavy atom. The number of carbonyl (C=O) groups excluding carboxylic acids is 1. The number of hydrogen-bond acceptors (Lipinski definition) is 4. The van der Waals surface area contributed by atoms with Gasteiger partial charge in [0.25, 0.3) is 5.91 Å². The minimum Gasteiger partial charge on any atom is -0.304 e. The highest BCUT2D eigenvalue weighted by atomic mass is 79.9. The van der Waals surface area contributed by atoms with Crippen LogP contribution in [0.5, 0.6) is 0 Å². The Kier molecular flexibility index (Phi) is 5.22. The van der Waals surface area contributed by atoms with Crippen molar-refractivity contribution in [2.24, 2.45) is 0 Å². The first-order valence-corrected chi connectivity index (χ1v) is 9.57. The predicted octanol–water partition coefficient (Wildman–Crippen LogP) is 3.97. The first-order valence-electron chi connectivity index (χ1n) is 8.77. The van der Waals surface area contributed by atoms with Crippen molar-refractivity contribution in [3.63, 3.8) is 0 Å². The molecule has 2 heterocycles. The molecular formula is C20H16BrFN6O. The number of carbonyl (C=O) groups is 1. The third-order valence-corrected chi connectivity index (χ3v) is 5.05. The number of halogens is 2. The lowest BCUT2D eigenvalue weighted by molar-refractivity contribution is 0.101. The van der Waals surface area contributed by atoms with E-state index >= 15 is 0 Å². The topological polar surface area (TPSA) is 77.6 Å². The molecule has 0 radical (unpaired) electrons. The summed E-state index contributed by atoms with van der Waals surface area (Å²) in [5.74, 6) is 0.260. The third-order valence-electron chi connectivity index (χ3n) is 4.28. The first kappa shape index (κ1) is 19.0. The lowest BCUT2D eigenvalue weighted by Gasteiger charge is -2.09.